The first-order valence-electron chi connectivity index (χ1n) is 6.68. The van der Waals surface area contributed by atoms with E-state index in [1.807, 2.05) is 0 Å². The monoisotopic (exact) mass is 272 g/mol. The van der Waals surface area contributed by atoms with E-state index in [1.54, 1.807) is 6.07 Å². The molecule has 1 fully saturated rings. The second-order valence-corrected chi connectivity index (χ2v) is 5.02. The van der Waals surface area contributed by atoms with Crippen molar-refractivity contribution >= 4 is 5.69 Å². The van der Waals surface area contributed by atoms with Gasteiger partial charge in [-0.3, -0.25) is 0 Å². The van der Waals surface area contributed by atoms with Crippen LogP contribution in [0.5, 0.6) is 0 Å². The first-order valence-corrected chi connectivity index (χ1v) is 6.68. The normalized spacial score (nSPS) is 17.5. The second-order valence-electron chi connectivity index (χ2n) is 5.02. The zero-order chi connectivity index (χ0) is 13.9. The molecule has 0 heterocycles. The highest BCUT2D eigenvalue weighted by Crippen LogP contribution is 2.37. The Balaban J connectivity index is 2.29. The fraction of sp³-hybridized carbons (Fsp3) is 0.571. The summed E-state index contributed by atoms with van der Waals surface area (Å²) >= 11 is 0. The Hall–Kier alpha value is -1.23. The van der Waals surface area contributed by atoms with E-state index >= 15 is 0 Å². The third-order valence-corrected chi connectivity index (χ3v) is 3.63. The molecule has 106 valence electrons. The van der Waals surface area contributed by atoms with Gasteiger partial charge in [0.25, 0.3) is 0 Å². The molecule has 0 atom stereocenters. The molecule has 1 aliphatic rings. The SMILES string of the molecule is NCc1cccc(C(F)(F)F)c1NC1CCCCC1. The summed E-state index contributed by atoms with van der Waals surface area (Å²) in [5.41, 5.74) is 5.65. The maximum absolute atomic E-state index is 13.0. The molecule has 0 aliphatic heterocycles. The minimum atomic E-state index is -4.35. The number of hydrogen-bond donors (Lipinski definition) is 2. The van der Waals surface area contributed by atoms with Gasteiger partial charge in [0.05, 0.1) is 11.3 Å². The Morgan fingerprint density at radius 3 is 2.42 bits per heavy atom. The molecule has 0 bridgehead atoms. The summed E-state index contributed by atoms with van der Waals surface area (Å²) < 4.78 is 39.1. The van der Waals surface area contributed by atoms with Crippen molar-refractivity contribution in [1.82, 2.24) is 0 Å². The van der Waals surface area contributed by atoms with E-state index in [0.29, 0.717) is 5.56 Å². The van der Waals surface area contributed by atoms with Crippen molar-refractivity contribution in [3.05, 3.63) is 29.3 Å². The molecule has 0 spiro atoms. The predicted molar refractivity (Wildman–Crippen MR) is 69.8 cm³/mol. The molecule has 1 saturated carbocycles. The number of para-hydroxylation sites is 1. The van der Waals surface area contributed by atoms with Gasteiger partial charge in [0.2, 0.25) is 0 Å². The van der Waals surface area contributed by atoms with E-state index in [1.165, 1.54) is 12.5 Å². The summed E-state index contributed by atoms with van der Waals surface area (Å²) in [7, 11) is 0. The molecule has 1 aliphatic carbocycles. The smallest absolute Gasteiger partial charge is 0.382 e. The highest BCUT2D eigenvalue weighted by atomic mass is 19.4. The van der Waals surface area contributed by atoms with Gasteiger partial charge in [-0.05, 0) is 24.5 Å². The van der Waals surface area contributed by atoms with E-state index in [4.69, 9.17) is 5.73 Å². The Morgan fingerprint density at radius 2 is 1.84 bits per heavy atom. The first kappa shape index (κ1) is 14.2. The van der Waals surface area contributed by atoms with Crippen LogP contribution in [-0.2, 0) is 12.7 Å². The number of halogens is 3. The van der Waals surface area contributed by atoms with Crippen LogP contribution in [0.3, 0.4) is 0 Å². The third kappa shape index (κ3) is 3.41. The number of nitrogens with one attached hydrogen (secondary N) is 1. The van der Waals surface area contributed by atoms with E-state index in [2.05, 4.69) is 5.32 Å². The first-order chi connectivity index (χ1) is 9.02. The van der Waals surface area contributed by atoms with Gasteiger partial charge < -0.3 is 11.1 Å². The van der Waals surface area contributed by atoms with Crippen LogP contribution in [0, 0.1) is 0 Å². The van der Waals surface area contributed by atoms with Gasteiger partial charge >= 0.3 is 6.18 Å². The van der Waals surface area contributed by atoms with Crippen LogP contribution < -0.4 is 11.1 Å². The van der Waals surface area contributed by atoms with Gasteiger partial charge in [-0.15, -0.1) is 0 Å². The van der Waals surface area contributed by atoms with E-state index < -0.39 is 11.7 Å². The van der Waals surface area contributed by atoms with Gasteiger partial charge in [-0.25, -0.2) is 0 Å². The lowest BCUT2D eigenvalue weighted by Crippen LogP contribution is -2.25. The molecular weight excluding hydrogens is 253 g/mol. The molecule has 0 amide bonds. The third-order valence-electron chi connectivity index (χ3n) is 3.63. The number of benzene rings is 1. The van der Waals surface area contributed by atoms with Crippen molar-refractivity contribution in [3.8, 4) is 0 Å². The van der Waals surface area contributed by atoms with Crippen LogP contribution in [0.4, 0.5) is 18.9 Å². The lowest BCUT2D eigenvalue weighted by molar-refractivity contribution is -0.137. The molecule has 5 heteroatoms. The zero-order valence-electron chi connectivity index (χ0n) is 10.8. The average molecular weight is 272 g/mol. The van der Waals surface area contributed by atoms with Crippen LogP contribution in [-0.4, -0.2) is 6.04 Å². The molecule has 0 saturated heterocycles. The molecule has 19 heavy (non-hydrogen) atoms. The Morgan fingerprint density at radius 1 is 1.16 bits per heavy atom. The maximum atomic E-state index is 13.0. The maximum Gasteiger partial charge on any atom is 0.418 e. The Labute approximate surface area is 111 Å². The number of rotatable bonds is 3. The average Bonchev–Trinajstić information content (AvgIpc) is 2.39. The van der Waals surface area contributed by atoms with Gasteiger partial charge in [0.15, 0.2) is 0 Å². The van der Waals surface area contributed by atoms with Crippen molar-refractivity contribution < 1.29 is 13.2 Å². The van der Waals surface area contributed by atoms with Crippen LogP contribution in [0.1, 0.15) is 43.2 Å². The van der Waals surface area contributed by atoms with Gasteiger partial charge in [-0.2, -0.15) is 13.2 Å². The summed E-state index contributed by atoms with van der Waals surface area (Å²) in [5.74, 6) is 0. The quantitative estimate of drug-likeness (QED) is 0.875. The molecule has 2 nitrogen and oxygen atoms in total. The lowest BCUT2D eigenvalue weighted by atomic mass is 9.94. The van der Waals surface area contributed by atoms with Gasteiger partial charge in [0.1, 0.15) is 0 Å². The standard InChI is InChI=1S/C14H19F3N2/c15-14(16,17)12-8-4-5-10(9-18)13(12)19-11-6-2-1-3-7-11/h4-5,8,11,19H,1-3,6-7,9,18H2. The summed E-state index contributed by atoms with van der Waals surface area (Å²) in [4.78, 5) is 0. The molecule has 2 rings (SSSR count). The summed E-state index contributed by atoms with van der Waals surface area (Å²) in [5, 5.41) is 3.08. The van der Waals surface area contributed by atoms with Gasteiger partial charge in [0, 0.05) is 12.6 Å². The zero-order valence-corrected chi connectivity index (χ0v) is 10.8. The van der Waals surface area contributed by atoms with Crippen LogP contribution in [0.2, 0.25) is 0 Å². The van der Waals surface area contributed by atoms with Crippen LogP contribution in [0.15, 0.2) is 18.2 Å². The lowest BCUT2D eigenvalue weighted by Gasteiger charge is -2.27. The van der Waals surface area contributed by atoms with Crippen LogP contribution >= 0.6 is 0 Å². The highest BCUT2D eigenvalue weighted by molar-refractivity contribution is 5.59. The topological polar surface area (TPSA) is 38.0 Å². The highest BCUT2D eigenvalue weighted by Gasteiger charge is 2.34. The van der Waals surface area contributed by atoms with Gasteiger partial charge in [-0.1, -0.05) is 31.4 Å². The van der Waals surface area contributed by atoms with E-state index in [0.717, 1.165) is 31.7 Å². The van der Waals surface area contributed by atoms with Crippen molar-refractivity contribution in [2.24, 2.45) is 5.73 Å². The largest absolute Gasteiger partial charge is 0.418 e. The second kappa shape index (κ2) is 5.82. The van der Waals surface area contributed by atoms with Crippen molar-refractivity contribution in [2.75, 3.05) is 5.32 Å². The fourth-order valence-corrected chi connectivity index (χ4v) is 2.63. The Bertz CT molecular complexity index is 423. The number of alkyl halides is 3. The number of nitrogens with two attached hydrogens (primary N) is 1. The molecule has 1 aromatic rings. The molecule has 0 radical (unpaired) electrons. The molecule has 0 aromatic heterocycles. The van der Waals surface area contributed by atoms with Crippen molar-refractivity contribution in [1.29, 1.82) is 0 Å². The Kier molecular flexibility index (Phi) is 4.34. The molecular formula is C14H19F3N2. The van der Waals surface area contributed by atoms with Crippen molar-refractivity contribution in [2.45, 2.75) is 50.9 Å². The van der Waals surface area contributed by atoms with E-state index in [9.17, 15) is 13.2 Å². The molecule has 3 N–H and O–H groups in total. The molecule has 1 aromatic carbocycles. The minimum absolute atomic E-state index is 0.110. The summed E-state index contributed by atoms with van der Waals surface area (Å²) in [6.45, 7) is 0.110. The number of anilines is 1. The number of hydrogen-bond acceptors (Lipinski definition) is 2. The van der Waals surface area contributed by atoms with Crippen LogP contribution in [0.25, 0.3) is 0 Å². The van der Waals surface area contributed by atoms with E-state index in [-0.39, 0.29) is 18.3 Å². The fourth-order valence-electron chi connectivity index (χ4n) is 2.63. The predicted octanol–water partition coefficient (Wildman–Crippen LogP) is 3.91. The van der Waals surface area contributed by atoms with Crippen molar-refractivity contribution in [3.63, 3.8) is 0 Å². The molecule has 0 unspecified atom stereocenters. The summed E-state index contributed by atoms with van der Waals surface area (Å²) in [6.07, 6.45) is 0.824. The minimum Gasteiger partial charge on any atom is -0.382 e. The summed E-state index contributed by atoms with van der Waals surface area (Å²) in [6, 6.07) is 4.31.